The Bertz CT molecular complexity index is 167. The van der Waals surface area contributed by atoms with Gasteiger partial charge >= 0.3 is 0 Å². The first-order valence-electron chi connectivity index (χ1n) is 5.53. The zero-order valence-corrected chi connectivity index (χ0v) is 8.59. The van der Waals surface area contributed by atoms with Gasteiger partial charge in [-0.15, -0.1) is 0 Å². The van der Waals surface area contributed by atoms with Crippen molar-refractivity contribution in [1.82, 2.24) is 0 Å². The van der Waals surface area contributed by atoms with Gasteiger partial charge in [-0.05, 0) is 18.8 Å². The van der Waals surface area contributed by atoms with Gasteiger partial charge in [0.2, 0.25) is 5.91 Å². The van der Waals surface area contributed by atoms with Crippen LogP contribution >= 0.6 is 0 Å². The smallest absolute Gasteiger partial charge is 0.220 e. The Morgan fingerprint density at radius 1 is 1.46 bits per heavy atom. The predicted octanol–water partition coefficient (Wildman–Crippen LogP) is 2.47. The molecule has 0 aromatic rings. The molecule has 13 heavy (non-hydrogen) atoms. The molecular weight excluding hydrogens is 162 g/mol. The van der Waals surface area contributed by atoms with E-state index < -0.39 is 0 Å². The second-order valence-corrected chi connectivity index (χ2v) is 4.27. The lowest BCUT2D eigenvalue weighted by molar-refractivity contribution is -0.123. The number of nitrogens with two attached hydrogens (primary N) is 1. The topological polar surface area (TPSA) is 43.1 Å². The van der Waals surface area contributed by atoms with E-state index in [2.05, 4.69) is 6.92 Å². The Labute approximate surface area is 80.9 Å². The molecule has 0 radical (unpaired) electrons. The number of amides is 1. The van der Waals surface area contributed by atoms with Crippen molar-refractivity contribution in [2.24, 2.45) is 17.6 Å². The molecule has 0 heterocycles. The van der Waals surface area contributed by atoms with Crippen molar-refractivity contribution in [3.05, 3.63) is 0 Å². The fourth-order valence-corrected chi connectivity index (χ4v) is 2.30. The molecule has 2 unspecified atom stereocenters. The molecule has 2 N–H and O–H groups in total. The van der Waals surface area contributed by atoms with Crippen LogP contribution in [0.4, 0.5) is 0 Å². The van der Waals surface area contributed by atoms with Crippen LogP contribution in [-0.4, -0.2) is 5.91 Å². The number of hydrogen-bond donors (Lipinski definition) is 1. The molecule has 1 amide bonds. The standard InChI is InChI=1S/C11H21NO/c1-2-3-5-9-6-4-7-10(8-9)11(12)13/h9-10H,2-8H2,1H3,(H2,12,13). The molecule has 1 aliphatic rings. The summed E-state index contributed by atoms with van der Waals surface area (Å²) in [7, 11) is 0. The van der Waals surface area contributed by atoms with Gasteiger partial charge in [-0.1, -0.05) is 39.0 Å². The van der Waals surface area contributed by atoms with Crippen LogP contribution in [0.3, 0.4) is 0 Å². The highest BCUT2D eigenvalue weighted by Gasteiger charge is 2.24. The van der Waals surface area contributed by atoms with E-state index in [1.807, 2.05) is 0 Å². The number of rotatable bonds is 4. The molecule has 0 spiro atoms. The molecule has 0 aliphatic heterocycles. The summed E-state index contributed by atoms with van der Waals surface area (Å²) < 4.78 is 0. The highest BCUT2D eigenvalue weighted by molar-refractivity contribution is 5.76. The third-order valence-electron chi connectivity index (χ3n) is 3.15. The minimum atomic E-state index is -0.0822. The molecule has 1 saturated carbocycles. The van der Waals surface area contributed by atoms with Gasteiger partial charge in [0.1, 0.15) is 0 Å². The second-order valence-electron chi connectivity index (χ2n) is 4.27. The molecular formula is C11H21NO. The maximum Gasteiger partial charge on any atom is 0.220 e. The Hall–Kier alpha value is -0.530. The lowest BCUT2D eigenvalue weighted by Gasteiger charge is -2.26. The molecule has 2 atom stereocenters. The molecule has 0 bridgehead atoms. The summed E-state index contributed by atoms with van der Waals surface area (Å²) in [5.74, 6) is 0.864. The summed E-state index contributed by atoms with van der Waals surface area (Å²) >= 11 is 0. The molecule has 0 saturated heterocycles. The van der Waals surface area contributed by atoms with Crippen molar-refractivity contribution in [3.63, 3.8) is 0 Å². The van der Waals surface area contributed by atoms with Gasteiger partial charge in [0.25, 0.3) is 0 Å². The van der Waals surface area contributed by atoms with Crippen molar-refractivity contribution >= 4 is 5.91 Å². The van der Waals surface area contributed by atoms with Gasteiger partial charge < -0.3 is 5.73 Å². The lowest BCUT2D eigenvalue weighted by atomic mass is 9.79. The summed E-state index contributed by atoms with van der Waals surface area (Å²) in [6.45, 7) is 2.22. The van der Waals surface area contributed by atoms with E-state index in [9.17, 15) is 4.79 Å². The van der Waals surface area contributed by atoms with Crippen LogP contribution in [0.1, 0.15) is 51.9 Å². The summed E-state index contributed by atoms with van der Waals surface area (Å²) in [6, 6.07) is 0. The van der Waals surface area contributed by atoms with Gasteiger partial charge in [0, 0.05) is 5.92 Å². The first kappa shape index (κ1) is 10.6. The molecule has 1 aliphatic carbocycles. The third kappa shape index (κ3) is 3.37. The minimum absolute atomic E-state index is 0.0822. The van der Waals surface area contributed by atoms with Crippen molar-refractivity contribution < 1.29 is 4.79 Å². The maximum atomic E-state index is 11.0. The van der Waals surface area contributed by atoms with Gasteiger partial charge in [-0.2, -0.15) is 0 Å². The van der Waals surface area contributed by atoms with Gasteiger partial charge in [-0.3, -0.25) is 4.79 Å². The van der Waals surface area contributed by atoms with E-state index in [-0.39, 0.29) is 11.8 Å². The number of unbranched alkanes of at least 4 members (excludes halogenated alkanes) is 1. The van der Waals surface area contributed by atoms with Crippen LogP contribution in [0.25, 0.3) is 0 Å². The number of carbonyl (C=O) groups is 1. The summed E-state index contributed by atoms with van der Waals surface area (Å²) in [4.78, 5) is 11.0. The van der Waals surface area contributed by atoms with Crippen molar-refractivity contribution in [1.29, 1.82) is 0 Å². The van der Waals surface area contributed by atoms with E-state index in [4.69, 9.17) is 5.73 Å². The van der Waals surface area contributed by atoms with Gasteiger partial charge in [0.15, 0.2) is 0 Å². The maximum absolute atomic E-state index is 11.0. The van der Waals surface area contributed by atoms with E-state index in [1.54, 1.807) is 0 Å². The number of hydrogen-bond acceptors (Lipinski definition) is 1. The monoisotopic (exact) mass is 183 g/mol. The fourth-order valence-electron chi connectivity index (χ4n) is 2.30. The van der Waals surface area contributed by atoms with Crippen LogP contribution in [0, 0.1) is 11.8 Å². The zero-order valence-electron chi connectivity index (χ0n) is 8.59. The Morgan fingerprint density at radius 2 is 2.23 bits per heavy atom. The Kier molecular flexibility index (Phi) is 4.26. The second kappa shape index (κ2) is 5.25. The Morgan fingerprint density at radius 3 is 2.85 bits per heavy atom. The zero-order chi connectivity index (χ0) is 9.68. The SMILES string of the molecule is CCCCC1CCCC(C(N)=O)C1. The highest BCUT2D eigenvalue weighted by Crippen LogP contribution is 2.31. The molecule has 2 nitrogen and oxygen atoms in total. The molecule has 0 aromatic carbocycles. The van der Waals surface area contributed by atoms with E-state index in [0.29, 0.717) is 0 Å². The van der Waals surface area contributed by atoms with E-state index in [1.165, 1.54) is 32.1 Å². The van der Waals surface area contributed by atoms with E-state index in [0.717, 1.165) is 18.8 Å². The third-order valence-corrected chi connectivity index (χ3v) is 3.15. The lowest BCUT2D eigenvalue weighted by Crippen LogP contribution is -2.28. The minimum Gasteiger partial charge on any atom is -0.369 e. The molecule has 1 fully saturated rings. The Balaban J connectivity index is 2.29. The average Bonchev–Trinajstić information content (AvgIpc) is 2.15. The quantitative estimate of drug-likeness (QED) is 0.714. The van der Waals surface area contributed by atoms with Crippen molar-refractivity contribution in [2.45, 2.75) is 51.9 Å². The first-order valence-corrected chi connectivity index (χ1v) is 5.53. The van der Waals surface area contributed by atoms with Crippen LogP contribution in [0.5, 0.6) is 0 Å². The van der Waals surface area contributed by atoms with Gasteiger partial charge in [-0.25, -0.2) is 0 Å². The first-order chi connectivity index (χ1) is 6.24. The molecule has 0 aromatic heterocycles. The average molecular weight is 183 g/mol. The largest absolute Gasteiger partial charge is 0.369 e. The summed E-state index contributed by atoms with van der Waals surface area (Å²) in [6.07, 6.45) is 8.44. The van der Waals surface area contributed by atoms with Crippen molar-refractivity contribution in [3.8, 4) is 0 Å². The van der Waals surface area contributed by atoms with Crippen LogP contribution in [0.15, 0.2) is 0 Å². The van der Waals surface area contributed by atoms with Gasteiger partial charge in [0.05, 0.1) is 0 Å². The normalized spacial score (nSPS) is 28.7. The summed E-state index contributed by atoms with van der Waals surface area (Å²) in [5.41, 5.74) is 5.32. The van der Waals surface area contributed by atoms with Crippen molar-refractivity contribution in [2.75, 3.05) is 0 Å². The predicted molar refractivity (Wildman–Crippen MR) is 54.2 cm³/mol. The van der Waals surface area contributed by atoms with Crippen LogP contribution < -0.4 is 5.73 Å². The highest BCUT2D eigenvalue weighted by atomic mass is 16.1. The van der Waals surface area contributed by atoms with Crippen LogP contribution in [-0.2, 0) is 4.79 Å². The molecule has 1 rings (SSSR count). The summed E-state index contributed by atoms with van der Waals surface area (Å²) in [5, 5.41) is 0. The molecule has 2 heteroatoms. The number of primary amides is 1. The number of carbonyl (C=O) groups excluding carboxylic acids is 1. The van der Waals surface area contributed by atoms with Crippen LogP contribution in [0.2, 0.25) is 0 Å². The van der Waals surface area contributed by atoms with E-state index >= 15 is 0 Å². The fraction of sp³-hybridized carbons (Fsp3) is 0.909. The molecule has 76 valence electrons.